The molecule has 0 fully saturated rings. The van der Waals surface area contributed by atoms with E-state index >= 15 is 0 Å². The average Bonchev–Trinajstić information content (AvgIpc) is 2.15. The Labute approximate surface area is 99.5 Å². The second-order valence-electron chi connectivity index (χ2n) is 4.21. The molecule has 0 rings (SSSR count). The molecule has 98 valence electrons. The van der Waals surface area contributed by atoms with E-state index < -0.39 is 29.7 Å². The van der Waals surface area contributed by atoms with Crippen LogP contribution >= 0.6 is 0 Å². The number of hydrogen-bond acceptors (Lipinski definition) is 4. The molecule has 0 aromatic carbocycles. The first kappa shape index (κ1) is 15.4. The molecule has 0 aliphatic heterocycles. The summed E-state index contributed by atoms with van der Waals surface area (Å²) in [5.74, 6) is -3.02. The Bertz CT molecular complexity index is 304. The van der Waals surface area contributed by atoms with Crippen molar-refractivity contribution in [3.63, 3.8) is 0 Å². The lowest BCUT2D eigenvalue weighted by atomic mass is 9.96. The number of rotatable bonds is 7. The monoisotopic (exact) mass is 245 g/mol. The molecule has 7 heteroatoms. The molecule has 0 saturated carbocycles. The number of hydrogen-bond donors (Lipinski definition) is 4. The first-order valence-electron chi connectivity index (χ1n) is 5.30. The van der Waals surface area contributed by atoms with E-state index in [1.165, 1.54) is 0 Å². The Kier molecular flexibility index (Phi) is 6.19. The molecule has 0 saturated heterocycles. The zero-order valence-corrected chi connectivity index (χ0v) is 9.97. The third-order valence-electron chi connectivity index (χ3n) is 2.38. The van der Waals surface area contributed by atoms with Crippen molar-refractivity contribution >= 4 is 17.8 Å². The number of amides is 2. The fourth-order valence-electron chi connectivity index (χ4n) is 1.26. The van der Waals surface area contributed by atoms with E-state index in [1.807, 2.05) is 0 Å². The molecule has 17 heavy (non-hydrogen) atoms. The molecule has 0 aliphatic carbocycles. The minimum Gasteiger partial charge on any atom is -0.481 e. The summed E-state index contributed by atoms with van der Waals surface area (Å²) in [5, 5.41) is 11.3. The van der Waals surface area contributed by atoms with Gasteiger partial charge in [0.05, 0.1) is 18.4 Å². The number of aliphatic carboxylic acids is 1. The second-order valence-corrected chi connectivity index (χ2v) is 4.21. The fraction of sp³-hybridized carbons (Fsp3) is 0.700. The van der Waals surface area contributed by atoms with Crippen LogP contribution in [0.3, 0.4) is 0 Å². The highest BCUT2D eigenvalue weighted by atomic mass is 16.4. The van der Waals surface area contributed by atoms with E-state index in [0.29, 0.717) is 0 Å². The zero-order valence-electron chi connectivity index (χ0n) is 9.97. The van der Waals surface area contributed by atoms with Crippen molar-refractivity contribution in [3.8, 4) is 0 Å². The zero-order chi connectivity index (χ0) is 13.6. The SMILES string of the molecule is CC(C)C(CNC(=O)C(N)CC(N)=O)C(=O)O. The number of primary amides is 1. The van der Waals surface area contributed by atoms with E-state index in [2.05, 4.69) is 5.32 Å². The molecule has 0 spiro atoms. The molecule has 7 nitrogen and oxygen atoms in total. The first-order chi connectivity index (χ1) is 7.75. The van der Waals surface area contributed by atoms with E-state index in [0.717, 1.165) is 0 Å². The van der Waals surface area contributed by atoms with Crippen LogP contribution in [0.15, 0.2) is 0 Å². The van der Waals surface area contributed by atoms with Gasteiger partial charge in [-0.1, -0.05) is 13.8 Å². The molecule has 0 aromatic heterocycles. The lowest BCUT2D eigenvalue weighted by Gasteiger charge is -2.18. The maximum atomic E-state index is 11.4. The molecule has 0 radical (unpaired) electrons. The summed E-state index contributed by atoms with van der Waals surface area (Å²) in [6.45, 7) is 3.47. The molecule has 2 amide bonds. The Balaban J connectivity index is 4.21. The third-order valence-corrected chi connectivity index (χ3v) is 2.38. The molecule has 2 atom stereocenters. The molecular weight excluding hydrogens is 226 g/mol. The van der Waals surface area contributed by atoms with Gasteiger partial charge in [0, 0.05) is 6.54 Å². The van der Waals surface area contributed by atoms with Gasteiger partial charge >= 0.3 is 5.97 Å². The van der Waals surface area contributed by atoms with Crippen LogP contribution in [0, 0.1) is 11.8 Å². The number of nitrogens with two attached hydrogens (primary N) is 2. The van der Waals surface area contributed by atoms with Gasteiger partial charge in [0.1, 0.15) is 0 Å². The smallest absolute Gasteiger partial charge is 0.308 e. The summed E-state index contributed by atoms with van der Waals surface area (Å²) in [6.07, 6.45) is -0.259. The van der Waals surface area contributed by atoms with Crippen LogP contribution in [0.25, 0.3) is 0 Å². The van der Waals surface area contributed by atoms with Crippen molar-refractivity contribution in [1.82, 2.24) is 5.32 Å². The van der Waals surface area contributed by atoms with Crippen molar-refractivity contribution < 1.29 is 19.5 Å². The highest BCUT2D eigenvalue weighted by Crippen LogP contribution is 2.09. The van der Waals surface area contributed by atoms with Crippen LogP contribution in [-0.4, -0.2) is 35.5 Å². The summed E-state index contributed by atoms with van der Waals surface area (Å²) >= 11 is 0. The summed E-state index contributed by atoms with van der Waals surface area (Å²) in [7, 11) is 0. The summed E-state index contributed by atoms with van der Waals surface area (Å²) in [6, 6.07) is -1.03. The number of carbonyl (C=O) groups is 3. The van der Waals surface area contributed by atoms with Gasteiger partial charge in [-0.25, -0.2) is 0 Å². The van der Waals surface area contributed by atoms with Crippen LogP contribution in [0.2, 0.25) is 0 Å². The van der Waals surface area contributed by atoms with Gasteiger partial charge in [-0.15, -0.1) is 0 Å². The Morgan fingerprint density at radius 2 is 1.82 bits per heavy atom. The van der Waals surface area contributed by atoms with Crippen molar-refractivity contribution in [3.05, 3.63) is 0 Å². The molecule has 2 unspecified atom stereocenters. The molecule has 6 N–H and O–H groups in total. The molecule has 0 aromatic rings. The fourth-order valence-corrected chi connectivity index (χ4v) is 1.26. The van der Waals surface area contributed by atoms with Crippen LogP contribution < -0.4 is 16.8 Å². The van der Waals surface area contributed by atoms with Crippen LogP contribution in [0.1, 0.15) is 20.3 Å². The lowest BCUT2D eigenvalue weighted by molar-refractivity contribution is -0.143. The molecule has 0 bridgehead atoms. The van der Waals surface area contributed by atoms with Crippen LogP contribution in [-0.2, 0) is 14.4 Å². The maximum absolute atomic E-state index is 11.4. The Morgan fingerprint density at radius 3 is 2.18 bits per heavy atom. The van der Waals surface area contributed by atoms with Crippen LogP contribution in [0.4, 0.5) is 0 Å². The van der Waals surface area contributed by atoms with Gasteiger partial charge in [-0.3, -0.25) is 14.4 Å². The Hall–Kier alpha value is -1.63. The lowest BCUT2D eigenvalue weighted by Crippen LogP contribution is -2.45. The normalized spacial score (nSPS) is 14.1. The van der Waals surface area contributed by atoms with E-state index in [9.17, 15) is 14.4 Å². The van der Waals surface area contributed by atoms with E-state index in [-0.39, 0.29) is 18.9 Å². The van der Waals surface area contributed by atoms with E-state index in [4.69, 9.17) is 16.6 Å². The predicted octanol–water partition coefficient (Wildman–Crippen LogP) is -1.34. The maximum Gasteiger partial charge on any atom is 0.308 e. The number of nitrogens with one attached hydrogen (secondary N) is 1. The standard InChI is InChI=1S/C10H19N3O4/c1-5(2)6(10(16)17)4-13-9(15)7(11)3-8(12)14/h5-7H,3-4,11H2,1-2H3,(H2,12,14)(H,13,15)(H,16,17). The van der Waals surface area contributed by atoms with Gasteiger partial charge in [0.25, 0.3) is 0 Å². The van der Waals surface area contributed by atoms with E-state index in [1.54, 1.807) is 13.8 Å². The molecule has 0 aliphatic rings. The second kappa shape index (κ2) is 6.85. The Morgan fingerprint density at radius 1 is 1.29 bits per heavy atom. The van der Waals surface area contributed by atoms with Crippen molar-refractivity contribution in [2.45, 2.75) is 26.3 Å². The summed E-state index contributed by atoms with van der Waals surface area (Å²) in [5.41, 5.74) is 10.3. The topological polar surface area (TPSA) is 136 Å². The van der Waals surface area contributed by atoms with Gasteiger partial charge in [0.15, 0.2) is 0 Å². The molecule has 0 heterocycles. The van der Waals surface area contributed by atoms with Gasteiger partial charge in [-0.05, 0) is 5.92 Å². The van der Waals surface area contributed by atoms with Crippen molar-refractivity contribution in [1.29, 1.82) is 0 Å². The predicted molar refractivity (Wildman–Crippen MR) is 60.8 cm³/mol. The number of carbonyl (C=O) groups excluding carboxylic acids is 2. The minimum absolute atomic E-state index is 0.0156. The highest BCUT2D eigenvalue weighted by Gasteiger charge is 2.23. The van der Waals surface area contributed by atoms with Crippen LogP contribution in [0.5, 0.6) is 0 Å². The first-order valence-corrected chi connectivity index (χ1v) is 5.30. The third kappa shape index (κ3) is 5.86. The van der Waals surface area contributed by atoms with Crippen molar-refractivity contribution in [2.75, 3.05) is 6.54 Å². The quantitative estimate of drug-likeness (QED) is 0.440. The largest absolute Gasteiger partial charge is 0.481 e. The summed E-state index contributed by atoms with van der Waals surface area (Å²) < 4.78 is 0. The minimum atomic E-state index is -1.03. The van der Waals surface area contributed by atoms with Gasteiger partial charge < -0.3 is 21.9 Å². The average molecular weight is 245 g/mol. The van der Waals surface area contributed by atoms with Gasteiger partial charge in [-0.2, -0.15) is 0 Å². The van der Waals surface area contributed by atoms with Gasteiger partial charge in [0.2, 0.25) is 11.8 Å². The number of carboxylic acid groups (broad SMARTS) is 1. The molecular formula is C10H19N3O4. The summed E-state index contributed by atoms with van der Waals surface area (Å²) in [4.78, 5) is 32.8. The van der Waals surface area contributed by atoms with Crippen molar-refractivity contribution in [2.24, 2.45) is 23.3 Å². The number of carboxylic acids is 1. The highest BCUT2D eigenvalue weighted by molar-refractivity contribution is 5.87.